The van der Waals surface area contributed by atoms with Crippen LogP contribution in [0.1, 0.15) is 42.3 Å². The van der Waals surface area contributed by atoms with Crippen molar-refractivity contribution in [1.82, 2.24) is 5.48 Å². The number of nitrogens with one attached hydrogen (secondary N) is 1. The van der Waals surface area contributed by atoms with Crippen molar-refractivity contribution in [2.24, 2.45) is 0 Å². The van der Waals surface area contributed by atoms with Gasteiger partial charge in [-0.15, -0.1) is 0 Å². The van der Waals surface area contributed by atoms with Gasteiger partial charge in [-0.1, -0.05) is 20.4 Å². The van der Waals surface area contributed by atoms with Gasteiger partial charge in [0, 0.05) is 11.3 Å². The number of hydrogen-bond acceptors (Lipinski definition) is 4. The Balaban J connectivity index is 0.00000154. The Bertz CT molecular complexity index is 492. The minimum atomic E-state index is -1.07. The summed E-state index contributed by atoms with van der Waals surface area (Å²) in [5, 5.41) is 26.9. The highest BCUT2D eigenvalue weighted by Gasteiger charge is 2.09. The second-order valence-corrected chi connectivity index (χ2v) is 3.49. The molecule has 1 aromatic rings. The molecule has 0 aliphatic carbocycles. The number of allylic oxidation sites excluding steroid dienone is 1. The molecular formula is C14H19NO4. The van der Waals surface area contributed by atoms with Crippen LogP contribution < -0.4 is 5.48 Å². The van der Waals surface area contributed by atoms with Gasteiger partial charge in [-0.25, -0.2) is 4.79 Å². The molecule has 0 saturated carbocycles. The predicted octanol–water partition coefficient (Wildman–Crippen LogP) is 3.28. The minimum Gasteiger partial charge on any atom is -0.508 e. The zero-order chi connectivity index (χ0) is 15.0. The van der Waals surface area contributed by atoms with E-state index in [0.717, 1.165) is 0 Å². The van der Waals surface area contributed by atoms with Crippen LogP contribution in [0.15, 0.2) is 30.5 Å². The molecule has 1 rings (SSSR count). The number of carboxylic acid groups (broad SMARTS) is 1. The largest absolute Gasteiger partial charge is 0.508 e. The topological polar surface area (TPSA) is 89.8 Å². The fourth-order valence-corrected chi connectivity index (χ4v) is 1.34. The fourth-order valence-electron chi connectivity index (χ4n) is 1.34. The molecule has 0 aliphatic rings. The maximum absolute atomic E-state index is 10.8. The van der Waals surface area contributed by atoms with Crippen LogP contribution in [-0.2, 0) is 0 Å². The summed E-state index contributed by atoms with van der Waals surface area (Å²) >= 11 is 0. The van der Waals surface area contributed by atoms with Crippen LogP contribution >= 0.6 is 0 Å². The molecule has 5 nitrogen and oxygen atoms in total. The number of aliphatic hydroxyl groups excluding tert-OH is 1. The first-order valence-corrected chi connectivity index (χ1v) is 5.79. The van der Waals surface area contributed by atoms with Gasteiger partial charge in [0.2, 0.25) is 0 Å². The maximum atomic E-state index is 10.8. The van der Waals surface area contributed by atoms with Crippen molar-refractivity contribution in [3.8, 4) is 0 Å². The Morgan fingerprint density at radius 2 is 1.89 bits per heavy atom. The number of hydroxylamine groups is 1. The maximum Gasteiger partial charge on any atom is 0.335 e. The second-order valence-electron chi connectivity index (χ2n) is 3.49. The van der Waals surface area contributed by atoms with Gasteiger partial charge in [-0.2, -0.15) is 0 Å². The molecule has 0 saturated heterocycles. The molecule has 0 spiro atoms. The number of carbonyl (C=O) groups is 1. The van der Waals surface area contributed by atoms with E-state index in [2.05, 4.69) is 6.58 Å². The molecule has 0 radical (unpaired) electrons. The highest BCUT2D eigenvalue weighted by Crippen LogP contribution is 2.20. The lowest BCUT2D eigenvalue weighted by molar-refractivity contribution is 0.0697. The van der Waals surface area contributed by atoms with E-state index in [1.807, 2.05) is 19.3 Å². The average Bonchev–Trinajstić information content (AvgIpc) is 2.40. The van der Waals surface area contributed by atoms with Crippen LogP contribution in [0.4, 0.5) is 0 Å². The lowest BCUT2D eigenvalue weighted by Gasteiger charge is -2.07. The summed E-state index contributed by atoms with van der Waals surface area (Å²) in [5.74, 6) is -1.23. The molecule has 0 atom stereocenters. The van der Waals surface area contributed by atoms with Gasteiger partial charge in [-0.05, 0) is 36.8 Å². The highest BCUT2D eigenvalue weighted by atomic mass is 16.5. The first-order valence-electron chi connectivity index (χ1n) is 5.79. The zero-order valence-electron chi connectivity index (χ0n) is 11.3. The Kier molecular flexibility index (Phi) is 6.99. The van der Waals surface area contributed by atoms with E-state index >= 15 is 0 Å². The first-order chi connectivity index (χ1) is 8.95. The molecule has 4 N–H and O–H groups in total. The zero-order valence-corrected chi connectivity index (χ0v) is 11.3. The summed E-state index contributed by atoms with van der Waals surface area (Å²) in [4.78, 5) is 10.8. The van der Waals surface area contributed by atoms with E-state index in [9.17, 15) is 9.90 Å². The molecule has 0 aliphatic heterocycles. The fraction of sp³-hybridized carbons (Fsp3) is 0.214. The van der Waals surface area contributed by atoms with Crippen molar-refractivity contribution in [3.63, 3.8) is 0 Å². The van der Waals surface area contributed by atoms with Gasteiger partial charge in [-0.3, -0.25) is 10.7 Å². The van der Waals surface area contributed by atoms with E-state index < -0.39 is 5.97 Å². The number of benzene rings is 1. The van der Waals surface area contributed by atoms with E-state index in [0.29, 0.717) is 16.8 Å². The van der Waals surface area contributed by atoms with E-state index in [1.165, 1.54) is 24.3 Å². The monoisotopic (exact) mass is 265 g/mol. The standard InChI is InChI=1S/C12H13NO4.C2H6/c1-7(13-17)5-10-6-9(12(15)16)3-4-11(10)8(2)14;1-2/h3-6,13-14,17H,2H2,1H3,(H,15,16);1-2H3/b7-5+;. The summed E-state index contributed by atoms with van der Waals surface area (Å²) in [6.45, 7) is 8.98. The van der Waals surface area contributed by atoms with Gasteiger partial charge >= 0.3 is 5.97 Å². The smallest absolute Gasteiger partial charge is 0.335 e. The van der Waals surface area contributed by atoms with Crippen LogP contribution in [-0.4, -0.2) is 21.4 Å². The van der Waals surface area contributed by atoms with Crippen molar-refractivity contribution in [3.05, 3.63) is 47.2 Å². The Hall–Kier alpha value is -2.27. The van der Waals surface area contributed by atoms with E-state index in [-0.39, 0.29) is 11.3 Å². The summed E-state index contributed by atoms with van der Waals surface area (Å²) in [5.41, 5.74) is 3.29. The molecule has 0 heterocycles. The third-order valence-electron chi connectivity index (χ3n) is 2.16. The first kappa shape index (κ1) is 16.7. The predicted molar refractivity (Wildman–Crippen MR) is 75.0 cm³/mol. The molecule has 5 heteroatoms. The summed E-state index contributed by atoms with van der Waals surface area (Å²) in [6, 6.07) is 4.22. The molecule has 104 valence electrons. The quantitative estimate of drug-likeness (QED) is 0.495. The Labute approximate surface area is 112 Å². The molecule has 0 amide bonds. The minimum absolute atomic E-state index is 0.0898. The number of carboxylic acids is 1. The molecule has 0 aromatic heterocycles. The third-order valence-corrected chi connectivity index (χ3v) is 2.16. The van der Waals surface area contributed by atoms with Crippen molar-refractivity contribution in [2.45, 2.75) is 20.8 Å². The molecule has 0 fully saturated rings. The molecular weight excluding hydrogens is 246 g/mol. The van der Waals surface area contributed by atoms with E-state index in [1.54, 1.807) is 6.92 Å². The number of aromatic carboxylic acids is 1. The molecule has 0 bridgehead atoms. The lowest BCUT2D eigenvalue weighted by atomic mass is 10.0. The van der Waals surface area contributed by atoms with Crippen molar-refractivity contribution < 1.29 is 20.2 Å². The van der Waals surface area contributed by atoms with Gasteiger partial charge < -0.3 is 10.2 Å². The van der Waals surface area contributed by atoms with Gasteiger partial charge in [0.15, 0.2) is 0 Å². The van der Waals surface area contributed by atoms with Crippen LogP contribution in [0, 0.1) is 0 Å². The SMILES string of the molecule is C=C(O)c1ccc(C(=O)O)cc1/C=C(\C)NO.CC. The molecule has 1 aromatic carbocycles. The highest BCUT2D eigenvalue weighted by molar-refractivity contribution is 5.89. The number of hydrogen-bond donors (Lipinski definition) is 4. The van der Waals surface area contributed by atoms with Gasteiger partial charge in [0.1, 0.15) is 5.76 Å². The van der Waals surface area contributed by atoms with Crippen molar-refractivity contribution >= 4 is 17.8 Å². The van der Waals surface area contributed by atoms with Crippen LogP contribution in [0.5, 0.6) is 0 Å². The summed E-state index contributed by atoms with van der Waals surface area (Å²) in [6.07, 6.45) is 1.50. The third kappa shape index (κ3) is 4.85. The normalized spacial score (nSPS) is 10.2. The van der Waals surface area contributed by atoms with Gasteiger partial charge in [0.05, 0.1) is 5.56 Å². The summed E-state index contributed by atoms with van der Waals surface area (Å²) in [7, 11) is 0. The second kappa shape index (κ2) is 7.94. The van der Waals surface area contributed by atoms with Crippen LogP contribution in [0.3, 0.4) is 0 Å². The lowest BCUT2D eigenvalue weighted by Crippen LogP contribution is -2.03. The van der Waals surface area contributed by atoms with Crippen LogP contribution in [0.25, 0.3) is 11.8 Å². The number of aliphatic hydroxyl groups is 1. The Morgan fingerprint density at radius 3 is 2.32 bits per heavy atom. The van der Waals surface area contributed by atoms with E-state index in [4.69, 9.17) is 10.3 Å². The van der Waals surface area contributed by atoms with Gasteiger partial charge in [0.25, 0.3) is 0 Å². The summed E-state index contributed by atoms with van der Waals surface area (Å²) < 4.78 is 0. The Morgan fingerprint density at radius 1 is 1.32 bits per heavy atom. The van der Waals surface area contributed by atoms with Crippen molar-refractivity contribution in [2.75, 3.05) is 0 Å². The number of rotatable bonds is 4. The average molecular weight is 265 g/mol. The molecule has 19 heavy (non-hydrogen) atoms. The van der Waals surface area contributed by atoms with Crippen LogP contribution in [0.2, 0.25) is 0 Å². The van der Waals surface area contributed by atoms with Crippen molar-refractivity contribution in [1.29, 1.82) is 0 Å². The molecule has 0 unspecified atom stereocenters.